The molecule has 0 radical (unpaired) electrons. The van der Waals surface area contributed by atoms with Gasteiger partial charge in [0, 0.05) is 12.7 Å². The molecule has 0 aromatic carbocycles. The quantitative estimate of drug-likeness (QED) is 0.774. The maximum Gasteiger partial charge on any atom is 0.157 e. The van der Waals surface area contributed by atoms with E-state index >= 15 is 0 Å². The van der Waals surface area contributed by atoms with Crippen LogP contribution in [0.5, 0.6) is 0 Å². The highest BCUT2D eigenvalue weighted by atomic mass is 32.2. The van der Waals surface area contributed by atoms with Crippen LogP contribution in [0.3, 0.4) is 0 Å². The zero-order valence-corrected chi connectivity index (χ0v) is 13.1. The van der Waals surface area contributed by atoms with Crippen LogP contribution >= 0.6 is 0 Å². The normalized spacial score (nSPS) is 12.8. The average Bonchev–Trinajstić information content (AvgIpc) is 2.73. The van der Waals surface area contributed by atoms with Gasteiger partial charge in [-0.25, -0.2) is 8.42 Å². The van der Waals surface area contributed by atoms with Crippen molar-refractivity contribution in [1.82, 2.24) is 15.1 Å². The van der Waals surface area contributed by atoms with Gasteiger partial charge in [0.15, 0.2) is 9.84 Å². The number of hydrogen-bond donors (Lipinski definition) is 1. The summed E-state index contributed by atoms with van der Waals surface area (Å²) in [5, 5.41) is 7.49. The van der Waals surface area contributed by atoms with E-state index in [1.165, 1.54) is 0 Å². The fraction of sp³-hybridized carbons (Fsp3) is 0.769. The number of aromatic nitrogens is 2. The third kappa shape index (κ3) is 4.62. The summed E-state index contributed by atoms with van der Waals surface area (Å²) >= 11 is 0. The molecule has 0 saturated carbocycles. The van der Waals surface area contributed by atoms with Crippen molar-refractivity contribution in [2.45, 2.75) is 52.0 Å². The van der Waals surface area contributed by atoms with Gasteiger partial charge in [0.05, 0.1) is 22.7 Å². The Labute approximate surface area is 116 Å². The lowest BCUT2D eigenvalue weighted by Gasteiger charge is -2.19. The third-order valence-electron chi connectivity index (χ3n) is 3.04. The van der Waals surface area contributed by atoms with E-state index in [0.29, 0.717) is 6.54 Å². The highest BCUT2D eigenvalue weighted by Gasteiger charge is 2.28. The summed E-state index contributed by atoms with van der Waals surface area (Å²) in [5.41, 5.74) is 1.03. The van der Waals surface area contributed by atoms with Gasteiger partial charge in [-0.3, -0.25) is 4.68 Å². The smallest absolute Gasteiger partial charge is 0.157 e. The van der Waals surface area contributed by atoms with Gasteiger partial charge < -0.3 is 5.32 Å². The summed E-state index contributed by atoms with van der Waals surface area (Å²) in [5.74, 6) is 0.124. The molecule has 1 aromatic heterocycles. The Bertz CT molecular complexity index is 486. The van der Waals surface area contributed by atoms with E-state index in [1.54, 1.807) is 31.6 Å². The molecule has 0 unspecified atom stereocenters. The molecule has 1 rings (SSSR count). The molecule has 1 heterocycles. The van der Waals surface area contributed by atoms with Crippen LogP contribution < -0.4 is 5.32 Å². The molecule has 0 atom stereocenters. The van der Waals surface area contributed by atoms with E-state index < -0.39 is 14.6 Å². The topological polar surface area (TPSA) is 64.0 Å². The molecule has 0 amide bonds. The maximum atomic E-state index is 12.1. The third-order valence-corrected chi connectivity index (χ3v) is 5.63. The van der Waals surface area contributed by atoms with Gasteiger partial charge in [0.25, 0.3) is 0 Å². The average molecular weight is 287 g/mol. The van der Waals surface area contributed by atoms with Crippen LogP contribution in [-0.2, 0) is 22.9 Å². The van der Waals surface area contributed by atoms with Crippen LogP contribution in [-0.4, -0.2) is 35.2 Å². The zero-order chi connectivity index (χ0) is 14.5. The molecule has 0 aliphatic rings. The van der Waals surface area contributed by atoms with Crippen LogP contribution in [0.4, 0.5) is 0 Å². The van der Waals surface area contributed by atoms with E-state index in [0.717, 1.165) is 25.2 Å². The van der Waals surface area contributed by atoms with E-state index in [9.17, 15) is 8.42 Å². The second-order valence-corrected chi connectivity index (χ2v) is 8.52. The summed E-state index contributed by atoms with van der Waals surface area (Å²) < 4.78 is 25.2. The van der Waals surface area contributed by atoms with Crippen LogP contribution in [0.2, 0.25) is 0 Å². The highest BCUT2D eigenvalue weighted by Crippen LogP contribution is 2.16. The Kier molecular flexibility index (Phi) is 5.55. The fourth-order valence-electron chi connectivity index (χ4n) is 1.62. The minimum Gasteiger partial charge on any atom is -0.311 e. The van der Waals surface area contributed by atoms with Gasteiger partial charge in [-0.05, 0) is 39.8 Å². The lowest BCUT2D eigenvalue weighted by molar-refractivity contribution is 0.538. The van der Waals surface area contributed by atoms with Crippen molar-refractivity contribution >= 4 is 9.84 Å². The van der Waals surface area contributed by atoms with Gasteiger partial charge in [-0.1, -0.05) is 6.92 Å². The van der Waals surface area contributed by atoms with E-state index in [1.807, 2.05) is 6.07 Å². The predicted molar refractivity (Wildman–Crippen MR) is 77.8 cm³/mol. The van der Waals surface area contributed by atoms with Crippen LogP contribution in [0.25, 0.3) is 0 Å². The summed E-state index contributed by atoms with van der Waals surface area (Å²) in [6, 6.07) is 1.92. The Hall–Kier alpha value is -0.880. The molecular formula is C13H25N3O2S. The fourth-order valence-corrected chi connectivity index (χ4v) is 2.64. The van der Waals surface area contributed by atoms with Crippen LogP contribution in [0.1, 0.15) is 39.8 Å². The lowest BCUT2D eigenvalue weighted by atomic mass is 10.3. The summed E-state index contributed by atoms with van der Waals surface area (Å²) in [7, 11) is -3.10. The van der Waals surface area contributed by atoms with Gasteiger partial charge in [0.1, 0.15) is 0 Å². The first-order chi connectivity index (χ1) is 8.78. The standard InChI is InChI=1S/C13H25N3O2S/c1-5-7-14-11-12-6-8-15-16(12)9-10-19(17,18)13(2,3)4/h6,8,14H,5,7,9-11H2,1-4H3. The molecule has 1 N–H and O–H groups in total. The van der Waals surface area contributed by atoms with Gasteiger partial charge in [0.2, 0.25) is 0 Å². The van der Waals surface area contributed by atoms with Crippen molar-refractivity contribution in [3.63, 3.8) is 0 Å². The highest BCUT2D eigenvalue weighted by molar-refractivity contribution is 7.92. The molecule has 0 fully saturated rings. The second-order valence-electron chi connectivity index (χ2n) is 5.65. The molecule has 19 heavy (non-hydrogen) atoms. The van der Waals surface area contributed by atoms with Crippen molar-refractivity contribution in [2.75, 3.05) is 12.3 Å². The predicted octanol–water partition coefficient (Wildman–Crippen LogP) is 1.60. The molecule has 1 aromatic rings. The summed E-state index contributed by atoms with van der Waals surface area (Å²) in [4.78, 5) is 0. The minimum absolute atomic E-state index is 0.124. The molecule has 6 heteroatoms. The molecule has 0 saturated heterocycles. The molecule has 0 aliphatic carbocycles. The number of hydrogen-bond acceptors (Lipinski definition) is 4. The van der Waals surface area contributed by atoms with Crippen molar-refractivity contribution < 1.29 is 8.42 Å². The SMILES string of the molecule is CCCNCc1ccnn1CCS(=O)(=O)C(C)(C)C. The summed E-state index contributed by atoms with van der Waals surface area (Å²) in [6.45, 7) is 9.39. The lowest BCUT2D eigenvalue weighted by Crippen LogP contribution is -2.32. The van der Waals surface area contributed by atoms with Crippen molar-refractivity contribution in [2.24, 2.45) is 0 Å². The van der Waals surface area contributed by atoms with Crippen molar-refractivity contribution in [3.8, 4) is 0 Å². The number of nitrogens with one attached hydrogen (secondary N) is 1. The van der Waals surface area contributed by atoms with Gasteiger partial charge in [-0.2, -0.15) is 5.10 Å². The monoisotopic (exact) mass is 287 g/mol. The zero-order valence-electron chi connectivity index (χ0n) is 12.3. The molecule has 110 valence electrons. The second kappa shape index (κ2) is 6.52. The summed E-state index contributed by atoms with van der Waals surface area (Å²) in [6.07, 6.45) is 2.79. The van der Waals surface area contributed by atoms with Crippen LogP contribution in [0.15, 0.2) is 12.3 Å². The van der Waals surface area contributed by atoms with Gasteiger partial charge in [-0.15, -0.1) is 0 Å². The number of sulfone groups is 1. The number of nitrogens with zero attached hydrogens (tertiary/aromatic N) is 2. The van der Waals surface area contributed by atoms with Crippen LogP contribution in [0, 0.1) is 0 Å². The Balaban J connectivity index is 2.62. The van der Waals surface area contributed by atoms with E-state index in [-0.39, 0.29) is 5.75 Å². The molecule has 5 nitrogen and oxygen atoms in total. The van der Waals surface area contributed by atoms with E-state index in [2.05, 4.69) is 17.3 Å². The first-order valence-corrected chi connectivity index (χ1v) is 8.37. The minimum atomic E-state index is -3.10. The van der Waals surface area contributed by atoms with E-state index in [4.69, 9.17) is 0 Å². The van der Waals surface area contributed by atoms with Crippen molar-refractivity contribution in [3.05, 3.63) is 18.0 Å². The molecule has 0 bridgehead atoms. The first kappa shape index (κ1) is 16.2. The molecular weight excluding hydrogens is 262 g/mol. The Morgan fingerprint density at radius 1 is 1.37 bits per heavy atom. The Morgan fingerprint density at radius 2 is 2.05 bits per heavy atom. The molecule has 0 aliphatic heterocycles. The molecule has 0 spiro atoms. The largest absolute Gasteiger partial charge is 0.311 e. The number of rotatable bonds is 7. The van der Waals surface area contributed by atoms with Crippen molar-refractivity contribution in [1.29, 1.82) is 0 Å². The Morgan fingerprint density at radius 3 is 2.63 bits per heavy atom. The maximum absolute atomic E-state index is 12.1. The number of aryl methyl sites for hydroxylation is 1. The van der Waals surface area contributed by atoms with Gasteiger partial charge >= 0.3 is 0 Å². The first-order valence-electron chi connectivity index (χ1n) is 6.71.